The maximum Gasteiger partial charge on any atom is 0.261 e. The van der Waals surface area contributed by atoms with Crippen LogP contribution in [-0.4, -0.2) is 42.8 Å². The van der Waals surface area contributed by atoms with E-state index in [0.29, 0.717) is 4.88 Å². The number of aromatic amines is 1. The van der Waals surface area contributed by atoms with Gasteiger partial charge in [-0.1, -0.05) is 20.3 Å². The molecule has 4 heterocycles. The number of nitrogens with zero attached hydrogens (tertiary/aromatic N) is 4. The molecule has 1 fully saturated rings. The maximum absolute atomic E-state index is 12.7. The highest BCUT2D eigenvalue weighted by Crippen LogP contribution is 2.29. The predicted molar refractivity (Wildman–Crippen MR) is 118 cm³/mol. The molecule has 0 saturated heterocycles. The van der Waals surface area contributed by atoms with Gasteiger partial charge >= 0.3 is 0 Å². The van der Waals surface area contributed by atoms with Gasteiger partial charge in [-0.05, 0) is 29.9 Å². The first kappa shape index (κ1) is 20.2. The Morgan fingerprint density at radius 1 is 1.20 bits per heavy atom. The van der Waals surface area contributed by atoms with Crippen molar-refractivity contribution < 1.29 is 4.79 Å². The van der Waals surface area contributed by atoms with Crippen molar-refractivity contribution in [3.63, 3.8) is 0 Å². The summed E-state index contributed by atoms with van der Waals surface area (Å²) < 4.78 is 1.75. The second-order valence-corrected chi connectivity index (χ2v) is 8.30. The highest BCUT2D eigenvalue weighted by atomic mass is 32.1. The number of carbonyl (C=O) groups is 1. The fourth-order valence-electron chi connectivity index (χ4n) is 3.81. The van der Waals surface area contributed by atoms with Gasteiger partial charge in [-0.2, -0.15) is 10.2 Å². The van der Waals surface area contributed by atoms with Crippen molar-refractivity contribution in [2.75, 3.05) is 0 Å². The molecule has 8 nitrogen and oxygen atoms in total. The summed E-state index contributed by atoms with van der Waals surface area (Å²) in [7, 11) is 0. The standard InChI is InChI=1S/C20H21N7OS.CH4/c21-16-3-1-2-4-17(16)26-20(28)18-5-12(11-29-18)15-9-25-27-10-14(6-22-19(15)27)13-7-23-24-8-13;/h5-11,16-17H,1-4,21H2,(H,23,24)(H,26,28);1H4/t16-,17+;/m1./s1. The molecule has 1 amide bonds. The Balaban J connectivity index is 0.00000218. The van der Waals surface area contributed by atoms with E-state index in [1.165, 1.54) is 11.3 Å². The lowest BCUT2D eigenvalue weighted by atomic mass is 9.91. The summed E-state index contributed by atoms with van der Waals surface area (Å²) in [6, 6.07) is 2.00. The quantitative estimate of drug-likeness (QED) is 0.465. The zero-order chi connectivity index (χ0) is 19.8. The molecule has 0 aromatic carbocycles. The average molecular weight is 424 g/mol. The average Bonchev–Trinajstić information content (AvgIpc) is 3.49. The molecule has 0 bridgehead atoms. The molecular formula is C21H25N7OS. The van der Waals surface area contributed by atoms with Crippen molar-refractivity contribution in [1.29, 1.82) is 0 Å². The van der Waals surface area contributed by atoms with E-state index in [1.807, 2.05) is 23.8 Å². The van der Waals surface area contributed by atoms with Crippen molar-refractivity contribution in [3.05, 3.63) is 47.3 Å². The molecule has 30 heavy (non-hydrogen) atoms. The summed E-state index contributed by atoms with van der Waals surface area (Å²) in [6.45, 7) is 0. The van der Waals surface area contributed by atoms with Crippen LogP contribution in [0.15, 0.2) is 42.4 Å². The molecule has 4 N–H and O–H groups in total. The van der Waals surface area contributed by atoms with Crippen LogP contribution in [0.3, 0.4) is 0 Å². The maximum atomic E-state index is 12.7. The summed E-state index contributed by atoms with van der Waals surface area (Å²) in [5.41, 5.74) is 10.6. The van der Waals surface area contributed by atoms with Crippen LogP contribution in [-0.2, 0) is 0 Å². The summed E-state index contributed by atoms with van der Waals surface area (Å²) >= 11 is 1.43. The Kier molecular flexibility index (Phi) is 5.65. The molecule has 1 aliphatic carbocycles. The van der Waals surface area contributed by atoms with Gasteiger partial charge in [-0.25, -0.2) is 9.50 Å². The predicted octanol–water partition coefficient (Wildman–Crippen LogP) is 3.48. The molecule has 1 saturated carbocycles. The van der Waals surface area contributed by atoms with Crippen LogP contribution in [0.1, 0.15) is 42.8 Å². The molecule has 9 heteroatoms. The van der Waals surface area contributed by atoms with Crippen molar-refractivity contribution >= 4 is 22.9 Å². The summed E-state index contributed by atoms with van der Waals surface area (Å²) in [6.07, 6.45) is 13.2. The third-order valence-electron chi connectivity index (χ3n) is 5.46. The Morgan fingerprint density at radius 3 is 2.87 bits per heavy atom. The zero-order valence-corrected chi connectivity index (χ0v) is 16.5. The number of hydrogen-bond donors (Lipinski definition) is 3. The van der Waals surface area contributed by atoms with E-state index in [-0.39, 0.29) is 25.4 Å². The van der Waals surface area contributed by atoms with Crippen LogP contribution in [0.5, 0.6) is 0 Å². The highest BCUT2D eigenvalue weighted by molar-refractivity contribution is 7.12. The Hall–Kier alpha value is -3.04. The molecular weight excluding hydrogens is 398 g/mol. The molecule has 0 radical (unpaired) electrons. The number of aromatic nitrogens is 5. The fraction of sp³-hybridized carbons (Fsp3) is 0.333. The first-order chi connectivity index (χ1) is 14.2. The minimum absolute atomic E-state index is 0. The number of rotatable bonds is 4. The van der Waals surface area contributed by atoms with Crippen LogP contribution < -0.4 is 11.1 Å². The number of amides is 1. The lowest BCUT2D eigenvalue weighted by molar-refractivity contribution is 0.0925. The van der Waals surface area contributed by atoms with E-state index in [9.17, 15) is 4.79 Å². The van der Waals surface area contributed by atoms with E-state index in [2.05, 4.69) is 25.6 Å². The van der Waals surface area contributed by atoms with Gasteiger partial charge in [-0.3, -0.25) is 9.89 Å². The molecule has 0 unspecified atom stereocenters. The molecule has 0 aliphatic heterocycles. The minimum atomic E-state index is -0.0599. The highest BCUT2D eigenvalue weighted by Gasteiger charge is 2.24. The lowest BCUT2D eigenvalue weighted by Gasteiger charge is -2.29. The number of thiophene rings is 1. The number of nitrogens with two attached hydrogens (primary N) is 1. The molecule has 2 atom stereocenters. The van der Waals surface area contributed by atoms with Gasteiger partial charge in [0.1, 0.15) is 0 Å². The van der Waals surface area contributed by atoms with Gasteiger partial charge in [0, 0.05) is 47.4 Å². The Labute approximate surface area is 178 Å². The second kappa shape index (κ2) is 8.37. The smallest absolute Gasteiger partial charge is 0.261 e. The van der Waals surface area contributed by atoms with Gasteiger partial charge in [-0.15, -0.1) is 11.3 Å². The SMILES string of the molecule is C.N[C@@H]1CCCC[C@@H]1NC(=O)c1cc(-c2cnn3cc(-c4cn[nH]c4)cnc23)cs1. The third-order valence-corrected chi connectivity index (χ3v) is 6.39. The van der Waals surface area contributed by atoms with Gasteiger partial charge < -0.3 is 11.1 Å². The Morgan fingerprint density at radius 2 is 2.07 bits per heavy atom. The van der Waals surface area contributed by atoms with Crippen LogP contribution in [0.4, 0.5) is 0 Å². The normalized spacial score (nSPS) is 18.8. The van der Waals surface area contributed by atoms with Crippen LogP contribution in [0.25, 0.3) is 27.9 Å². The first-order valence-corrected chi connectivity index (χ1v) is 10.5. The third kappa shape index (κ3) is 3.73. The summed E-state index contributed by atoms with van der Waals surface area (Å²) in [4.78, 5) is 17.9. The van der Waals surface area contributed by atoms with E-state index >= 15 is 0 Å². The number of carbonyl (C=O) groups excluding carboxylic acids is 1. The lowest BCUT2D eigenvalue weighted by Crippen LogP contribution is -2.49. The zero-order valence-electron chi connectivity index (χ0n) is 15.7. The largest absolute Gasteiger partial charge is 0.347 e. The topological polar surface area (TPSA) is 114 Å². The van der Waals surface area contributed by atoms with E-state index in [1.54, 1.807) is 23.1 Å². The van der Waals surface area contributed by atoms with Crippen LogP contribution in [0.2, 0.25) is 0 Å². The van der Waals surface area contributed by atoms with Crippen LogP contribution in [0, 0.1) is 0 Å². The number of fused-ring (bicyclic) bond motifs is 1. The van der Waals surface area contributed by atoms with E-state index in [0.717, 1.165) is 53.6 Å². The van der Waals surface area contributed by atoms with Crippen molar-refractivity contribution in [3.8, 4) is 22.3 Å². The second-order valence-electron chi connectivity index (χ2n) is 7.38. The van der Waals surface area contributed by atoms with Crippen molar-refractivity contribution in [2.45, 2.75) is 45.2 Å². The summed E-state index contributed by atoms with van der Waals surface area (Å²) in [5, 5.41) is 16.3. The minimum Gasteiger partial charge on any atom is -0.347 e. The van der Waals surface area contributed by atoms with Crippen molar-refractivity contribution in [2.24, 2.45) is 5.73 Å². The van der Waals surface area contributed by atoms with Gasteiger partial charge in [0.15, 0.2) is 5.65 Å². The fourth-order valence-corrected chi connectivity index (χ4v) is 4.62. The van der Waals surface area contributed by atoms with Crippen molar-refractivity contribution in [1.82, 2.24) is 30.1 Å². The van der Waals surface area contributed by atoms with E-state index in [4.69, 9.17) is 5.73 Å². The number of nitrogens with one attached hydrogen (secondary N) is 2. The molecule has 156 valence electrons. The molecule has 0 spiro atoms. The van der Waals surface area contributed by atoms with Gasteiger partial charge in [0.2, 0.25) is 0 Å². The summed E-state index contributed by atoms with van der Waals surface area (Å²) in [5.74, 6) is -0.0599. The molecule has 4 aromatic rings. The van der Waals surface area contributed by atoms with Crippen LogP contribution >= 0.6 is 11.3 Å². The molecule has 5 rings (SSSR count). The van der Waals surface area contributed by atoms with Gasteiger partial charge in [0.25, 0.3) is 5.91 Å². The van der Waals surface area contributed by atoms with E-state index < -0.39 is 0 Å². The first-order valence-electron chi connectivity index (χ1n) is 9.67. The monoisotopic (exact) mass is 423 g/mol. The number of hydrogen-bond acceptors (Lipinski definition) is 6. The molecule has 1 aliphatic rings. The number of H-pyrrole nitrogens is 1. The Bertz CT molecular complexity index is 1150. The molecule has 4 aromatic heterocycles. The van der Waals surface area contributed by atoms with Gasteiger partial charge in [0.05, 0.1) is 17.3 Å².